The van der Waals surface area contributed by atoms with Crippen LogP contribution in [0.25, 0.3) is 0 Å². The van der Waals surface area contributed by atoms with E-state index in [2.05, 4.69) is 26.8 Å². The minimum absolute atomic E-state index is 0.0817. The van der Waals surface area contributed by atoms with E-state index < -0.39 is 0 Å². The van der Waals surface area contributed by atoms with Gasteiger partial charge in [-0.05, 0) is 26.2 Å². The van der Waals surface area contributed by atoms with Gasteiger partial charge in [0, 0.05) is 0 Å². The quantitative estimate of drug-likeness (QED) is 0.602. The standard InChI is InChI=1S/C12H22O/c1-4-6-8-12(5-2)10-11(3)7-9-13-12/h10H,4-9H2,1-3H3. The second-order valence-electron chi connectivity index (χ2n) is 4.11. The summed E-state index contributed by atoms with van der Waals surface area (Å²) in [6.07, 6.45) is 8.32. The first-order valence-corrected chi connectivity index (χ1v) is 5.55. The van der Waals surface area contributed by atoms with Gasteiger partial charge in [0.05, 0.1) is 12.2 Å². The molecule has 1 heterocycles. The van der Waals surface area contributed by atoms with Crippen LogP contribution in [0.5, 0.6) is 0 Å². The molecule has 0 aliphatic carbocycles. The minimum Gasteiger partial charge on any atom is -0.371 e. The van der Waals surface area contributed by atoms with Crippen LogP contribution in [-0.2, 0) is 4.74 Å². The van der Waals surface area contributed by atoms with Crippen LogP contribution in [-0.4, -0.2) is 12.2 Å². The van der Waals surface area contributed by atoms with E-state index in [9.17, 15) is 0 Å². The van der Waals surface area contributed by atoms with E-state index in [0.717, 1.165) is 19.4 Å². The molecular formula is C12H22O. The smallest absolute Gasteiger partial charge is 0.0862 e. The summed E-state index contributed by atoms with van der Waals surface area (Å²) in [6, 6.07) is 0. The Morgan fingerprint density at radius 1 is 1.46 bits per heavy atom. The third-order valence-corrected chi connectivity index (χ3v) is 2.95. The first kappa shape index (κ1) is 10.8. The van der Waals surface area contributed by atoms with Crippen molar-refractivity contribution in [2.75, 3.05) is 6.61 Å². The van der Waals surface area contributed by atoms with Crippen molar-refractivity contribution in [3.63, 3.8) is 0 Å². The number of rotatable bonds is 4. The van der Waals surface area contributed by atoms with Crippen LogP contribution >= 0.6 is 0 Å². The molecule has 0 amide bonds. The Bertz CT molecular complexity index is 184. The lowest BCUT2D eigenvalue weighted by Gasteiger charge is -2.34. The first-order chi connectivity index (χ1) is 6.22. The van der Waals surface area contributed by atoms with E-state index in [4.69, 9.17) is 4.74 Å². The highest BCUT2D eigenvalue weighted by molar-refractivity contribution is 5.12. The molecule has 13 heavy (non-hydrogen) atoms. The average molecular weight is 182 g/mol. The molecule has 0 N–H and O–H groups in total. The lowest BCUT2D eigenvalue weighted by atomic mass is 9.89. The molecule has 0 aromatic carbocycles. The largest absolute Gasteiger partial charge is 0.371 e. The Labute approximate surface area is 82.2 Å². The van der Waals surface area contributed by atoms with E-state index in [-0.39, 0.29) is 5.60 Å². The summed E-state index contributed by atoms with van der Waals surface area (Å²) < 4.78 is 5.91. The van der Waals surface area contributed by atoms with Crippen LogP contribution in [0.15, 0.2) is 11.6 Å². The molecule has 0 saturated heterocycles. The maximum Gasteiger partial charge on any atom is 0.0862 e. The molecule has 0 aromatic rings. The van der Waals surface area contributed by atoms with Crippen molar-refractivity contribution in [3.05, 3.63) is 11.6 Å². The van der Waals surface area contributed by atoms with Crippen molar-refractivity contribution >= 4 is 0 Å². The number of hydrogen-bond donors (Lipinski definition) is 0. The van der Waals surface area contributed by atoms with Gasteiger partial charge in [-0.15, -0.1) is 0 Å². The van der Waals surface area contributed by atoms with Gasteiger partial charge in [-0.1, -0.05) is 38.3 Å². The summed E-state index contributed by atoms with van der Waals surface area (Å²) in [7, 11) is 0. The van der Waals surface area contributed by atoms with Crippen molar-refractivity contribution in [1.82, 2.24) is 0 Å². The van der Waals surface area contributed by atoms with Gasteiger partial charge in [0.25, 0.3) is 0 Å². The Balaban J connectivity index is 2.62. The molecule has 1 aliphatic rings. The van der Waals surface area contributed by atoms with Crippen LogP contribution < -0.4 is 0 Å². The van der Waals surface area contributed by atoms with Crippen LogP contribution in [0.4, 0.5) is 0 Å². The Kier molecular flexibility index (Phi) is 3.98. The van der Waals surface area contributed by atoms with Gasteiger partial charge in [0.15, 0.2) is 0 Å². The van der Waals surface area contributed by atoms with Gasteiger partial charge < -0.3 is 4.74 Å². The summed E-state index contributed by atoms with van der Waals surface area (Å²) in [4.78, 5) is 0. The highest BCUT2D eigenvalue weighted by Crippen LogP contribution is 2.30. The Morgan fingerprint density at radius 2 is 2.23 bits per heavy atom. The molecule has 1 unspecified atom stereocenters. The summed E-state index contributed by atoms with van der Waals surface area (Å²) in [6.45, 7) is 7.60. The third-order valence-electron chi connectivity index (χ3n) is 2.95. The zero-order valence-electron chi connectivity index (χ0n) is 9.23. The van der Waals surface area contributed by atoms with Crippen molar-refractivity contribution in [2.24, 2.45) is 0 Å². The van der Waals surface area contributed by atoms with Crippen molar-refractivity contribution in [3.8, 4) is 0 Å². The van der Waals surface area contributed by atoms with Crippen LogP contribution in [0.1, 0.15) is 52.9 Å². The molecule has 76 valence electrons. The summed E-state index contributed by atoms with van der Waals surface area (Å²) in [5, 5.41) is 0. The van der Waals surface area contributed by atoms with Crippen LogP contribution in [0, 0.1) is 0 Å². The second kappa shape index (κ2) is 4.80. The predicted octanol–water partition coefficient (Wildman–Crippen LogP) is 3.69. The minimum atomic E-state index is 0.0817. The summed E-state index contributed by atoms with van der Waals surface area (Å²) in [5.74, 6) is 0. The fourth-order valence-corrected chi connectivity index (χ4v) is 1.98. The van der Waals surface area contributed by atoms with E-state index in [1.807, 2.05) is 0 Å². The molecule has 1 aliphatic heterocycles. The number of hydrogen-bond acceptors (Lipinski definition) is 1. The maximum atomic E-state index is 5.91. The van der Waals surface area contributed by atoms with Crippen LogP contribution in [0.3, 0.4) is 0 Å². The summed E-state index contributed by atoms with van der Waals surface area (Å²) in [5.41, 5.74) is 1.59. The molecule has 1 heteroatoms. The SMILES string of the molecule is CCCCC1(CC)C=C(C)CCO1. The van der Waals surface area contributed by atoms with Gasteiger partial charge in [-0.2, -0.15) is 0 Å². The normalized spacial score (nSPS) is 28.7. The average Bonchev–Trinajstić information content (AvgIpc) is 2.15. The second-order valence-corrected chi connectivity index (χ2v) is 4.11. The lowest BCUT2D eigenvalue weighted by molar-refractivity contribution is -0.0264. The predicted molar refractivity (Wildman–Crippen MR) is 56.9 cm³/mol. The van der Waals surface area contributed by atoms with Gasteiger partial charge >= 0.3 is 0 Å². The fourth-order valence-electron chi connectivity index (χ4n) is 1.98. The van der Waals surface area contributed by atoms with E-state index >= 15 is 0 Å². The highest BCUT2D eigenvalue weighted by atomic mass is 16.5. The molecule has 0 aromatic heterocycles. The van der Waals surface area contributed by atoms with E-state index in [1.165, 1.54) is 24.8 Å². The van der Waals surface area contributed by atoms with Gasteiger partial charge in [0.1, 0.15) is 0 Å². The fraction of sp³-hybridized carbons (Fsp3) is 0.833. The molecule has 1 atom stereocenters. The molecule has 0 spiro atoms. The van der Waals surface area contributed by atoms with Crippen molar-refractivity contribution < 1.29 is 4.74 Å². The third kappa shape index (κ3) is 2.84. The van der Waals surface area contributed by atoms with Gasteiger partial charge in [-0.3, -0.25) is 0 Å². The van der Waals surface area contributed by atoms with Crippen LogP contribution in [0.2, 0.25) is 0 Å². The maximum absolute atomic E-state index is 5.91. The van der Waals surface area contributed by atoms with Crippen molar-refractivity contribution in [1.29, 1.82) is 0 Å². The zero-order valence-corrected chi connectivity index (χ0v) is 9.23. The zero-order chi connectivity index (χ0) is 9.73. The monoisotopic (exact) mass is 182 g/mol. The molecule has 0 radical (unpaired) electrons. The Hall–Kier alpha value is -0.300. The molecular weight excluding hydrogens is 160 g/mol. The van der Waals surface area contributed by atoms with Gasteiger partial charge in [0.2, 0.25) is 0 Å². The Morgan fingerprint density at radius 3 is 2.77 bits per heavy atom. The molecule has 0 saturated carbocycles. The first-order valence-electron chi connectivity index (χ1n) is 5.55. The molecule has 1 rings (SSSR count). The number of unbranched alkanes of at least 4 members (excludes halogenated alkanes) is 1. The van der Waals surface area contributed by atoms with E-state index in [1.54, 1.807) is 0 Å². The topological polar surface area (TPSA) is 9.23 Å². The molecule has 1 nitrogen and oxygen atoms in total. The lowest BCUT2D eigenvalue weighted by Crippen LogP contribution is -2.33. The summed E-state index contributed by atoms with van der Waals surface area (Å²) >= 11 is 0. The molecule has 0 bridgehead atoms. The number of ether oxygens (including phenoxy) is 1. The van der Waals surface area contributed by atoms with Crippen molar-refractivity contribution in [2.45, 2.75) is 58.5 Å². The highest BCUT2D eigenvalue weighted by Gasteiger charge is 2.28. The van der Waals surface area contributed by atoms with Gasteiger partial charge in [-0.25, -0.2) is 0 Å². The molecule has 0 fully saturated rings. The van der Waals surface area contributed by atoms with E-state index in [0.29, 0.717) is 0 Å².